The Kier molecular flexibility index (Phi) is 4.76. The average molecular weight is 264 g/mol. The van der Waals surface area contributed by atoms with Crippen molar-refractivity contribution in [2.45, 2.75) is 0 Å². The Morgan fingerprint density at radius 1 is 0.611 bits per heavy atom. The maximum absolute atomic E-state index is 12.9. The molecule has 1 aliphatic carbocycles. The lowest BCUT2D eigenvalue weighted by molar-refractivity contribution is 0.385. The molecule has 18 heavy (non-hydrogen) atoms. The fourth-order valence-electron chi connectivity index (χ4n) is 1.13. The molecule has 96 valence electrons. The summed E-state index contributed by atoms with van der Waals surface area (Å²) < 4.78 is 73.6. The summed E-state index contributed by atoms with van der Waals surface area (Å²) in [5.74, 6) is -3.44. The summed E-state index contributed by atoms with van der Waals surface area (Å²) in [6.45, 7) is 0. The van der Waals surface area contributed by atoms with Crippen molar-refractivity contribution in [1.29, 1.82) is 0 Å². The highest BCUT2D eigenvalue weighted by atomic mass is 19.3. The molecule has 0 fully saturated rings. The van der Waals surface area contributed by atoms with Gasteiger partial charge in [-0.1, -0.05) is 36.5 Å². The fourth-order valence-corrected chi connectivity index (χ4v) is 1.13. The lowest BCUT2D eigenvalue weighted by atomic mass is 10.1. The maximum Gasteiger partial charge on any atom is 0.306 e. The number of hydrogen-bond donors (Lipinski definition) is 0. The first kappa shape index (κ1) is 14.1. The summed E-state index contributed by atoms with van der Waals surface area (Å²) in [5, 5.41) is 0. The van der Waals surface area contributed by atoms with E-state index in [0.29, 0.717) is 0 Å². The Balaban J connectivity index is 3.07. The highest BCUT2D eigenvalue weighted by molar-refractivity contribution is 5.47. The first-order chi connectivity index (χ1) is 8.43. The predicted molar refractivity (Wildman–Crippen MR) is 55.1 cm³/mol. The average Bonchev–Trinajstić information content (AvgIpc) is 2.27. The van der Waals surface area contributed by atoms with Gasteiger partial charge < -0.3 is 0 Å². The molecule has 0 nitrogen and oxygen atoms in total. The number of allylic oxidation sites excluding steroid dienone is 10. The van der Waals surface area contributed by atoms with E-state index >= 15 is 0 Å². The van der Waals surface area contributed by atoms with Crippen LogP contribution in [-0.2, 0) is 0 Å². The molecule has 0 saturated heterocycles. The molecule has 0 saturated carbocycles. The van der Waals surface area contributed by atoms with Gasteiger partial charge in [0.15, 0.2) is 11.7 Å². The van der Waals surface area contributed by atoms with Crippen LogP contribution in [0.4, 0.5) is 26.3 Å². The third-order valence-corrected chi connectivity index (χ3v) is 1.94. The van der Waals surface area contributed by atoms with Crippen LogP contribution in [0.15, 0.2) is 71.4 Å². The molecule has 0 amide bonds. The van der Waals surface area contributed by atoms with Crippen molar-refractivity contribution in [3.05, 3.63) is 71.4 Å². The number of halogens is 6. The highest BCUT2D eigenvalue weighted by Crippen LogP contribution is 2.24. The number of rotatable bonds is 2. The van der Waals surface area contributed by atoms with Crippen molar-refractivity contribution in [2.24, 2.45) is 0 Å². The lowest BCUT2D eigenvalue weighted by Crippen LogP contribution is -1.86. The fraction of sp³-hybridized carbons (Fsp3) is 0. The Morgan fingerprint density at radius 2 is 0.944 bits per heavy atom. The second kappa shape index (κ2) is 6.09. The van der Waals surface area contributed by atoms with Crippen LogP contribution < -0.4 is 0 Å². The zero-order chi connectivity index (χ0) is 13.7. The van der Waals surface area contributed by atoms with Crippen molar-refractivity contribution in [1.82, 2.24) is 0 Å². The van der Waals surface area contributed by atoms with Crippen molar-refractivity contribution in [3.63, 3.8) is 0 Å². The van der Waals surface area contributed by atoms with Gasteiger partial charge in [0.05, 0.1) is 0 Å². The summed E-state index contributed by atoms with van der Waals surface area (Å²) >= 11 is 0. The molecule has 0 radical (unpaired) electrons. The third-order valence-electron chi connectivity index (χ3n) is 1.94. The van der Waals surface area contributed by atoms with Gasteiger partial charge in [0.1, 0.15) is 0 Å². The van der Waals surface area contributed by atoms with E-state index < -0.39 is 35.0 Å². The molecule has 0 spiro atoms. The minimum atomic E-state index is -2.50. The van der Waals surface area contributed by atoms with Gasteiger partial charge in [-0.05, 0) is 0 Å². The van der Waals surface area contributed by atoms with Crippen LogP contribution in [0, 0.1) is 0 Å². The highest BCUT2D eigenvalue weighted by Gasteiger charge is 2.11. The van der Waals surface area contributed by atoms with E-state index in [2.05, 4.69) is 0 Å². The second-order valence-corrected chi connectivity index (χ2v) is 3.11. The Bertz CT molecular complexity index is 461. The van der Waals surface area contributed by atoms with E-state index in [4.69, 9.17) is 0 Å². The normalized spacial score (nSPS) is 23.7. The molecule has 0 aromatic heterocycles. The van der Waals surface area contributed by atoms with Gasteiger partial charge in [-0.15, -0.1) is 0 Å². The van der Waals surface area contributed by atoms with E-state index in [9.17, 15) is 26.3 Å². The van der Waals surface area contributed by atoms with Crippen molar-refractivity contribution in [2.75, 3.05) is 0 Å². The summed E-state index contributed by atoms with van der Waals surface area (Å²) in [6.07, 6.45) is 0.673. The lowest BCUT2D eigenvalue weighted by Gasteiger charge is -2.00. The van der Waals surface area contributed by atoms with E-state index in [-0.39, 0.29) is 0 Å². The molecule has 0 aliphatic heterocycles. The molecule has 0 heterocycles. The first-order valence-electron chi connectivity index (χ1n) is 4.62. The summed E-state index contributed by atoms with van der Waals surface area (Å²) in [4.78, 5) is 0. The summed E-state index contributed by atoms with van der Waals surface area (Å²) in [5.41, 5.74) is -0.877. The van der Waals surface area contributed by atoms with Crippen molar-refractivity contribution < 1.29 is 26.3 Å². The largest absolute Gasteiger partial charge is 0.306 e. The zero-order valence-corrected chi connectivity index (χ0v) is 8.73. The monoisotopic (exact) mass is 264 g/mol. The van der Waals surface area contributed by atoms with E-state index in [1.54, 1.807) is 0 Å². The van der Waals surface area contributed by atoms with Crippen LogP contribution in [0.25, 0.3) is 0 Å². The van der Waals surface area contributed by atoms with Crippen LogP contribution >= 0.6 is 0 Å². The zero-order valence-electron chi connectivity index (χ0n) is 8.73. The predicted octanol–water partition coefficient (Wildman–Crippen LogP) is 5.12. The molecule has 0 unspecified atom stereocenters. The van der Waals surface area contributed by atoms with Gasteiger partial charge in [0.25, 0.3) is 0 Å². The van der Waals surface area contributed by atoms with E-state index in [1.165, 1.54) is 0 Å². The van der Waals surface area contributed by atoms with Crippen molar-refractivity contribution >= 4 is 0 Å². The smallest absolute Gasteiger partial charge is 0.200 e. The molecule has 6 heteroatoms. The third kappa shape index (κ3) is 3.51. The Hall–Kier alpha value is -1.98. The molecular formula is C12H6F6. The van der Waals surface area contributed by atoms with Gasteiger partial charge in [-0.3, -0.25) is 0 Å². The Morgan fingerprint density at radius 3 is 1.22 bits per heavy atom. The molecule has 0 aromatic rings. The van der Waals surface area contributed by atoms with E-state index in [0.717, 1.165) is 36.5 Å². The first-order valence-corrected chi connectivity index (χ1v) is 4.62. The molecule has 1 rings (SSSR count). The van der Waals surface area contributed by atoms with Crippen LogP contribution in [0.1, 0.15) is 0 Å². The van der Waals surface area contributed by atoms with Crippen molar-refractivity contribution in [3.8, 4) is 0 Å². The number of hydrogen-bond acceptors (Lipinski definition) is 0. The molecule has 0 atom stereocenters. The topological polar surface area (TPSA) is 0 Å². The van der Waals surface area contributed by atoms with Crippen LogP contribution in [0.2, 0.25) is 0 Å². The molecule has 0 bridgehead atoms. The molecule has 0 aromatic carbocycles. The minimum absolute atomic E-state index is 0.438. The van der Waals surface area contributed by atoms with Crippen LogP contribution in [-0.4, -0.2) is 0 Å². The summed E-state index contributed by atoms with van der Waals surface area (Å²) in [6, 6.07) is 0. The minimum Gasteiger partial charge on any atom is -0.200 e. The second-order valence-electron chi connectivity index (χ2n) is 3.11. The van der Waals surface area contributed by atoms with E-state index in [1.807, 2.05) is 0 Å². The maximum atomic E-state index is 12.9. The van der Waals surface area contributed by atoms with Gasteiger partial charge in [0.2, 0.25) is 0 Å². The van der Waals surface area contributed by atoms with Gasteiger partial charge >= 0.3 is 12.2 Å². The SMILES string of the molecule is FC(F)=C(F)C1=C/C=C\C(C(F)=C(F)F)=C/C=C\1. The standard InChI is InChI=1S/C12H6F6/c13-9(11(15)16)7-3-1-4-8(6-2-5-7)10(14)12(17)18/h1-6H/b3-1-,4-1?,5-2?,6-2-,7-3?,7-5+,8-4+,8-6?. The molecule has 0 N–H and O–H groups in total. The summed E-state index contributed by atoms with van der Waals surface area (Å²) in [7, 11) is 0. The molecular weight excluding hydrogens is 258 g/mol. The van der Waals surface area contributed by atoms with Crippen LogP contribution in [0.3, 0.4) is 0 Å². The van der Waals surface area contributed by atoms with Crippen LogP contribution in [0.5, 0.6) is 0 Å². The molecule has 1 aliphatic rings. The van der Waals surface area contributed by atoms with Gasteiger partial charge in [0, 0.05) is 11.1 Å². The Labute approximate surface area is 98.6 Å². The van der Waals surface area contributed by atoms with Gasteiger partial charge in [-0.25, -0.2) is 8.78 Å². The van der Waals surface area contributed by atoms with Gasteiger partial charge in [-0.2, -0.15) is 17.6 Å². The quantitative estimate of drug-likeness (QED) is 0.607.